The molecule has 0 aliphatic heterocycles. The lowest BCUT2D eigenvalue weighted by Gasteiger charge is -2.17. The van der Waals surface area contributed by atoms with Gasteiger partial charge in [0.2, 0.25) is 0 Å². The highest BCUT2D eigenvalue weighted by molar-refractivity contribution is 7.91. The van der Waals surface area contributed by atoms with Crippen molar-refractivity contribution in [2.45, 2.75) is 42.0 Å². The molecular weight excluding hydrogens is 524 g/mol. The Morgan fingerprint density at radius 2 is 1.83 bits per heavy atom. The number of hydrogen-bond donors (Lipinski definition) is 3. The summed E-state index contributed by atoms with van der Waals surface area (Å²) in [6, 6.07) is 16.8. The fourth-order valence-electron chi connectivity index (χ4n) is 3.96. The summed E-state index contributed by atoms with van der Waals surface area (Å²) < 4.78 is 34.5. The van der Waals surface area contributed by atoms with E-state index in [1.807, 2.05) is 13.8 Å². The number of rotatable bonds is 10. The lowest BCUT2D eigenvalue weighted by molar-refractivity contribution is -0.140. The van der Waals surface area contributed by atoms with Gasteiger partial charge < -0.3 is 15.2 Å². The SMILES string of the molecule is CC(C)NC(=O)COc1ccccc1C1CC1(NS(=O)(=O)c1ccc(-c2ccc(Cl)cc2)s1)C(=O)O. The van der Waals surface area contributed by atoms with Crippen LogP contribution in [0.3, 0.4) is 0 Å². The minimum atomic E-state index is -4.13. The summed E-state index contributed by atoms with van der Waals surface area (Å²) in [5, 5.41) is 13.3. The Bertz CT molecular complexity index is 1390. The van der Waals surface area contributed by atoms with Gasteiger partial charge in [-0.15, -0.1) is 11.3 Å². The summed E-state index contributed by atoms with van der Waals surface area (Å²) in [7, 11) is -4.13. The van der Waals surface area contributed by atoms with Gasteiger partial charge in [0, 0.05) is 21.9 Å². The van der Waals surface area contributed by atoms with Crippen molar-refractivity contribution in [1.82, 2.24) is 10.0 Å². The molecule has 1 saturated carbocycles. The van der Waals surface area contributed by atoms with Gasteiger partial charge in [0.25, 0.3) is 15.9 Å². The lowest BCUT2D eigenvalue weighted by atomic mass is 10.1. The first-order valence-corrected chi connectivity index (χ1v) is 13.8. The number of halogens is 1. The van der Waals surface area contributed by atoms with Gasteiger partial charge in [0.05, 0.1) is 0 Å². The molecule has 2 atom stereocenters. The molecule has 2 unspecified atom stereocenters. The van der Waals surface area contributed by atoms with Crippen molar-refractivity contribution >= 4 is 44.8 Å². The van der Waals surface area contributed by atoms with Gasteiger partial charge in [-0.2, -0.15) is 4.72 Å². The summed E-state index contributed by atoms with van der Waals surface area (Å²) >= 11 is 6.97. The van der Waals surface area contributed by atoms with E-state index in [1.54, 1.807) is 54.6 Å². The number of carboxylic acid groups (broad SMARTS) is 1. The lowest BCUT2D eigenvalue weighted by Crippen LogP contribution is -2.44. The van der Waals surface area contributed by atoms with E-state index in [0.29, 0.717) is 21.2 Å². The van der Waals surface area contributed by atoms with Crippen LogP contribution in [0.15, 0.2) is 64.9 Å². The van der Waals surface area contributed by atoms with Crippen molar-refractivity contribution in [3.05, 3.63) is 71.2 Å². The molecule has 11 heteroatoms. The monoisotopic (exact) mass is 548 g/mol. The third kappa shape index (κ3) is 5.57. The van der Waals surface area contributed by atoms with Crippen molar-refractivity contribution in [3.8, 4) is 16.2 Å². The first-order valence-electron chi connectivity index (χ1n) is 11.2. The number of nitrogens with one attached hydrogen (secondary N) is 2. The highest BCUT2D eigenvalue weighted by atomic mass is 35.5. The first-order chi connectivity index (χ1) is 17.0. The quantitative estimate of drug-likeness (QED) is 0.348. The van der Waals surface area contributed by atoms with E-state index in [4.69, 9.17) is 16.3 Å². The number of amides is 1. The van der Waals surface area contributed by atoms with Crippen LogP contribution in [0.1, 0.15) is 31.7 Å². The van der Waals surface area contributed by atoms with Crippen LogP contribution >= 0.6 is 22.9 Å². The van der Waals surface area contributed by atoms with Gasteiger partial charge in [0.15, 0.2) is 6.61 Å². The molecule has 190 valence electrons. The number of carboxylic acids is 1. The zero-order chi connectivity index (χ0) is 26.1. The third-order valence-electron chi connectivity index (χ3n) is 5.74. The number of hydrogen-bond acceptors (Lipinski definition) is 6. The van der Waals surface area contributed by atoms with Gasteiger partial charge in [0.1, 0.15) is 15.5 Å². The minimum absolute atomic E-state index is 0.00798. The number of aliphatic carboxylic acids is 1. The molecule has 1 fully saturated rings. The molecule has 3 N–H and O–H groups in total. The predicted molar refractivity (Wildman–Crippen MR) is 138 cm³/mol. The average molecular weight is 549 g/mol. The van der Waals surface area contributed by atoms with Gasteiger partial charge >= 0.3 is 5.97 Å². The number of carbonyl (C=O) groups excluding carboxylic acids is 1. The molecule has 2 aromatic carbocycles. The maximum Gasteiger partial charge on any atom is 0.325 e. The second kappa shape index (κ2) is 10.2. The molecule has 1 amide bonds. The predicted octanol–water partition coefficient (Wildman–Crippen LogP) is 4.26. The molecule has 8 nitrogen and oxygen atoms in total. The highest BCUT2D eigenvalue weighted by Gasteiger charge is 2.64. The van der Waals surface area contributed by atoms with Crippen molar-refractivity contribution in [2.24, 2.45) is 0 Å². The number of carbonyl (C=O) groups is 2. The van der Waals surface area contributed by atoms with Crippen LogP contribution in [0, 0.1) is 0 Å². The van der Waals surface area contributed by atoms with E-state index in [1.165, 1.54) is 6.07 Å². The van der Waals surface area contributed by atoms with E-state index in [2.05, 4.69) is 10.0 Å². The molecule has 3 aromatic rings. The second-order valence-electron chi connectivity index (χ2n) is 8.81. The minimum Gasteiger partial charge on any atom is -0.483 e. The summed E-state index contributed by atoms with van der Waals surface area (Å²) in [4.78, 5) is 25.0. The van der Waals surface area contributed by atoms with Crippen molar-refractivity contribution in [2.75, 3.05) is 6.61 Å². The summed E-state index contributed by atoms with van der Waals surface area (Å²) in [6.07, 6.45) is 0.0511. The van der Waals surface area contributed by atoms with Crippen LogP contribution in [0.4, 0.5) is 0 Å². The standard InChI is InChI=1S/C25H25ClN2O6S2/c1-15(2)27-22(29)14-34-20-6-4-3-5-18(20)19-13-25(19,24(30)31)28-36(32,33)23-12-11-21(35-23)16-7-9-17(26)10-8-16/h3-12,15,19,28H,13-14H2,1-2H3,(H,27,29)(H,30,31). The fourth-order valence-corrected chi connectivity index (χ4v) is 6.80. The summed E-state index contributed by atoms with van der Waals surface area (Å²) in [5.74, 6) is -1.91. The van der Waals surface area contributed by atoms with Gasteiger partial charge in [-0.1, -0.05) is 41.9 Å². The molecule has 0 bridgehead atoms. The highest BCUT2D eigenvalue weighted by Crippen LogP contribution is 2.55. The average Bonchev–Trinajstić information content (AvgIpc) is 3.30. The Labute approximate surface area is 218 Å². The molecule has 1 aromatic heterocycles. The van der Waals surface area contributed by atoms with Crippen molar-refractivity contribution in [3.63, 3.8) is 0 Å². The van der Waals surface area contributed by atoms with E-state index in [0.717, 1.165) is 16.9 Å². The van der Waals surface area contributed by atoms with Crippen LogP contribution in [-0.2, 0) is 19.6 Å². The van der Waals surface area contributed by atoms with Crippen LogP contribution < -0.4 is 14.8 Å². The molecule has 0 radical (unpaired) electrons. The van der Waals surface area contributed by atoms with E-state index >= 15 is 0 Å². The van der Waals surface area contributed by atoms with E-state index in [9.17, 15) is 23.1 Å². The largest absolute Gasteiger partial charge is 0.483 e. The number of thiophene rings is 1. The van der Waals surface area contributed by atoms with Gasteiger partial charge in [-0.05, 0) is 61.7 Å². The molecule has 0 saturated heterocycles. The van der Waals surface area contributed by atoms with Crippen LogP contribution in [-0.4, -0.2) is 43.6 Å². The Morgan fingerprint density at radius 3 is 2.50 bits per heavy atom. The van der Waals surface area contributed by atoms with Crippen LogP contribution in [0.5, 0.6) is 5.75 Å². The van der Waals surface area contributed by atoms with Gasteiger partial charge in [-0.3, -0.25) is 9.59 Å². The molecule has 1 heterocycles. The zero-order valence-electron chi connectivity index (χ0n) is 19.5. The first kappa shape index (κ1) is 26.2. The molecule has 1 aliphatic carbocycles. The summed E-state index contributed by atoms with van der Waals surface area (Å²) in [6.45, 7) is 3.42. The number of benzene rings is 2. The maximum absolute atomic E-state index is 13.2. The second-order valence-corrected chi connectivity index (χ2v) is 12.2. The van der Waals surface area contributed by atoms with E-state index < -0.39 is 27.4 Å². The molecular formula is C25H25ClN2O6S2. The molecule has 1 aliphatic rings. The Morgan fingerprint density at radius 1 is 1.14 bits per heavy atom. The van der Waals surface area contributed by atoms with Gasteiger partial charge in [-0.25, -0.2) is 8.42 Å². The Hall–Kier alpha value is -2.92. The third-order valence-corrected chi connectivity index (χ3v) is 9.12. The molecule has 0 spiro atoms. The van der Waals surface area contributed by atoms with Crippen LogP contribution in [0.2, 0.25) is 5.02 Å². The smallest absolute Gasteiger partial charge is 0.325 e. The fraction of sp³-hybridized carbons (Fsp3) is 0.280. The normalized spacial score (nSPS) is 19.2. The number of sulfonamides is 1. The Balaban J connectivity index is 1.54. The number of ether oxygens (including phenoxy) is 1. The maximum atomic E-state index is 13.2. The summed E-state index contributed by atoms with van der Waals surface area (Å²) in [5.41, 5.74) is -0.397. The van der Waals surface area contributed by atoms with Crippen molar-refractivity contribution < 1.29 is 27.9 Å². The number of para-hydroxylation sites is 1. The zero-order valence-corrected chi connectivity index (χ0v) is 21.9. The van der Waals surface area contributed by atoms with Crippen LogP contribution in [0.25, 0.3) is 10.4 Å². The molecule has 4 rings (SSSR count). The topological polar surface area (TPSA) is 122 Å². The van der Waals surface area contributed by atoms with E-state index in [-0.39, 0.29) is 29.2 Å². The molecule has 36 heavy (non-hydrogen) atoms. The van der Waals surface area contributed by atoms with Crippen molar-refractivity contribution in [1.29, 1.82) is 0 Å². The Kier molecular flexibility index (Phi) is 7.42.